The first-order valence-corrected chi connectivity index (χ1v) is 12.9. The molecule has 1 aliphatic rings. The van der Waals surface area contributed by atoms with Gasteiger partial charge in [0.1, 0.15) is 6.04 Å². The summed E-state index contributed by atoms with van der Waals surface area (Å²) >= 11 is 1.70. The zero-order valence-corrected chi connectivity index (χ0v) is 20.2. The molecule has 0 radical (unpaired) electrons. The molecule has 2 aromatic carbocycles. The SMILES string of the molecule is CC[C@@H](C(=O)NC1CCCC1)N(CCc1ccccc1)C(=O)CCSc1ccc(C)cc1. The van der Waals surface area contributed by atoms with Crippen molar-refractivity contribution in [1.82, 2.24) is 10.2 Å². The minimum absolute atomic E-state index is 0.00648. The van der Waals surface area contributed by atoms with Gasteiger partial charge in [0.2, 0.25) is 11.8 Å². The predicted molar refractivity (Wildman–Crippen MR) is 133 cm³/mol. The van der Waals surface area contributed by atoms with Crippen LogP contribution in [0.4, 0.5) is 0 Å². The molecular weight excluding hydrogens is 416 g/mol. The summed E-state index contributed by atoms with van der Waals surface area (Å²) in [6.45, 7) is 4.64. The molecule has 32 heavy (non-hydrogen) atoms. The van der Waals surface area contributed by atoms with E-state index in [-0.39, 0.29) is 17.9 Å². The van der Waals surface area contributed by atoms with Gasteiger partial charge in [-0.2, -0.15) is 0 Å². The highest BCUT2D eigenvalue weighted by atomic mass is 32.2. The topological polar surface area (TPSA) is 49.4 Å². The van der Waals surface area contributed by atoms with E-state index in [0.29, 0.717) is 25.1 Å². The van der Waals surface area contributed by atoms with Gasteiger partial charge < -0.3 is 10.2 Å². The molecule has 5 heteroatoms. The molecule has 1 atom stereocenters. The van der Waals surface area contributed by atoms with Crippen LogP contribution in [0.25, 0.3) is 0 Å². The fraction of sp³-hybridized carbons (Fsp3) is 0.481. The second-order valence-corrected chi connectivity index (χ2v) is 9.82. The second kappa shape index (κ2) is 12.7. The van der Waals surface area contributed by atoms with Crippen molar-refractivity contribution < 1.29 is 9.59 Å². The van der Waals surface area contributed by atoms with Gasteiger partial charge in [-0.15, -0.1) is 11.8 Å². The van der Waals surface area contributed by atoms with Crippen molar-refractivity contribution in [2.45, 2.75) is 75.8 Å². The third kappa shape index (κ3) is 7.40. The molecule has 1 saturated carbocycles. The molecule has 2 amide bonds. The quantitative estimate of drug-likeness (QED) is 0.465. The minimum Gasteiger partial charge on any atom is -0.352 e. The van der Waals surface area contributed by atoms with Gasteiger partial charge in [-0.25, -0.2) is 0 Å². The number of hydrogen-bond donors (Lipinski definition) is 1. The first-order valence-electron chi connectivity index (χ1n) is 11.9. The lowest BCUT2D eigenvalue weighted by Crippen LogP contribution is -2.51. The number of amides is 2. The van der Waals surface area contributed by atoms with Crippen molar-refractivity contribution >= 4 is 23.6 Å². The van der Waals surface area contributed by atoms with Crippen molar-refractivity contribution in [3.63, 3.8) is 0 Å². The van der Waals surface area contributed by atoms with Crippen LogP contribution in [0.1, 0.15) is 56.6 Å². The molecule has 1 aliphatic carbocycles. The van der Waals surface area contributed by atoms with Crippen LogP contribution in [0.3, 0.4) is 0 Å². The molecule has 0 aliphatic heterocycles. The Morgan fingerprint density at radius 2 is 1.75 bits per heavy atom. The average molecular weight is 453 g/mol. The Labute approximate surface area is 197 Å². The first-order chi connectivity index (χ1) is 15.6. The molecule has 4 nitrogen and oxygen atoms in total. The van der Waals surface area contributed by atoms with Gasteiger partial charge in [-0.1, -0.05) is 67.8 Å². The Balaban J connectivity index is 1.63. The van der Waals surface area contributed by atoms with Crippen LogP contribution in [0.5, 0.6) is 0 Å². The number of carbonyl (C=O) groups excluding carboxylic acids is 2. The van der Waals surface area contributed by atoms with E-state index in [1.165, 1.54) is 28.9 Å². The van der Waals surface area contributed by atoms with Crippen molar-refractivity contribution in [2.75, 3.05) is 12.3 Å². The molecule has 0 bridgehead atoms. The molecule has 2 aromatic rings. The maximum atomic E-state index is 13.3. The molecule has 0 saturated heterocycles. The smallest absolute Gasteiger partial charge is 0.243 e. The summed E-state index contributed by atoms with van der Waals surface area (Å²) in [4.78, 5) is 29.4. The van der Waals surface area contributed by atoms with Gasteiger partial charge in [0.25, 0.3) is 0 Å². The number of rotatable bonds is 11. The maximum absolute atomic E-state index is 13.3. The van der Waals surface area contributed by atoms with Gasteiger partial charge in [-0.3, -0.25) is 9.59 Å². The second-order valence-electron chi connectivity index (χ2n) is 8.65. The van der Waals surface area contributed by atoms with E-state index in [1.807, 2.05) is 30.0 Å². The van der Waals surface area contributed by atoms with Crippen molar-refractivity contribution in [3.8, 4) is 0 Å². The highest BCUT2D eigenvalue weighted by Gasteiger charge is 2.30. The van der Waals surface area contributed by atoms with E-state index in [2.05, 4.69) is 48.6 Å². The summed E-state index contributed by atoms with van der Waals surface area (Å²) in [5.74, 6) is 0.783. The van der Waals surface area contributed by atoms with Crippen LogP contribution < -0.4 is 5.32 Å². The zero-order valence-electron chi connectivity index (χ0n) is 19.4. The summed E-state index contributed by atoms with van der Waals surface area (Å²) < 4.78 is 0. The molecule has 0 heterocycles. The van der Waals surface area contributed by atoms with Crippen LogP contribution in [0.2, 0.25) is 0 Å². The van der Waals surface area contributed by atoms with Gasteiger partial charge >= 0.3 is 0 Å². The van der Waals surface area contributed by atoms with Crippen LogP contribution in [-0.4, -0.2) is 41.1 Å². The van der Waals surface area contributed by atoms with Gasteiger partial charge in [0.15, 0.2) is 0 Å². The lowest BCUT2D eigenvalue weighted by atomic mass is 10.1. The van der Waals surface area contributed by atoms with E-state index in [1.54, 1.807) is 11.8 Å². The number of aryl methyl sites for hydroxylation is 1. The van der Waals surface area contributed by atoms with Crippen LogP contribution >= 0.6 is 11.8 Å². The minimum atomic E-state index is -0.406. The Bertz CT molecular complexity index is 848. The summed E-state index contributed by atoms with van der Waals surface area (Å²) in [7, 11) is 0. The Morgan fingerprint density at radius 1 is 1.06 bits per heavy atom. The average Bonchev–Trinajstić information content (AvgIpc) is 3.31. The number of benzene rings is 2. The number of hydrogen-bond acceptors (Lipinski definition) is 3. The van der Waals surface area contributed by atoms with E-state index in [4.69, 9.17) is 0 Å². The Hall–Kier alpha value is -2.27. The highest BCUT2D eigenvalue weighted by molar-refractivity contribution is 7.99. The summed E-state index contributed by atoms with van der Waals surface area (Å²) in [6, 6.07) is 18.4. The summed E-state index contributed by atoms with van der Waals surface area (Å²) in [5, 5.41) is 3.21. The van der Waals surface area contributed by atoms with Crippen molar-refractivity contribution in [2.24, 2.45) is 0 Å². The number of nitrogens with one attached hydrogen (secondary N) is 1. The zero-order chi connectivity index (χ0) is 22.8. The fourth-order valence-corrected chi connectivity index (χ4v) is 5.14. The summed E-state index contributed by atoms with van der Waals surface area (Å²) in [5.41, 5.74) is 2.42. The third-order valence-electron chi connectivity index (χ3n) is 6.18. The molecule has 172 valence electrons. The monoisotopic (exact) mass is 452 g/mol. The molecule has 0 aromatic heterocycles. The largest absolute Gasteiger partial charge is 0.352 e. The standard InChI is InChI=1S/C27H36N2O2S/c1-3-25(27(31)28-23-11-7-8-12-23)29(19-17-22-9-5-4-6-10-22)26(30)18-20-32-24-15-13-21(2)14-16-24/h4-6,9-10,13-16,23,25H,3,7-8,11-12,17-20H2,1-2H3,(H,28,31)/t25-/m0/s1. The molecule has 1 N–H and O–H groups in total. The lowest BCUT2D eigenvalue weighted by Gasteiger charge is -2.31. The van der Waals surface area contributed by atoms with Crippen LogP contribution in [0, 0.1) is 6.92 Å². The van der Waals surface area contributed by atoms with E-state index < -0.39 is 6.04 Å². The van der Waals surface area contributed by atoms with Crippen LogP contribution in [0.15, 0.2) is 59.5 Å². The third-order valence-corrected chi connectivity index (χ3v) is 7.19. The molecule has 1 fully saturated rings. The van der Waals surface area contributed by atoms with Gasteiger partial charge in [-0.05, 0) is 50.3 Å². The molecule has 3 rings (SSSR count). The molecule has 0 unspecified atom stereocenters. The maximum Gasteiger partial charge on any atom is 0.243 e. The highest BCUT2D eigenvalue weighted by Crippen LogP contribution is 2.21. The molecular formula is C27H36N2O2S. The van der Waals surface area contributed by atoms with Crippen LogP contribution in [-0.2, 0) is 16.0 Å². The van der Waals surface area contributed by atoms with Gasteiger partial charge in [0, 0.05) is 29.7 Å². The summed E-state index contributed by atoms with van der Waals surface area (Å²) in [6.07, 6.45) is 6.26. The van der Waals surface area contributed by atoms with E-state index >= 15 is 0 Å². The fourth-order valence-electron chi connectivity index (χ4n) is 4.30. The predicted octanol–water partition coefficient (Wildman–Crippen LogP) is 5.39. The van der Waals surface area contributed by atoms with Crippen molar-refractivity contribution in [3.05, 3.63) is 65.7 Å². The van der Waals surface area contributed by atoms with E-state index in [9.17, 15) is 9.59 Å². The Morgan fingerprint density at radius 3 is 2.41 bits per heavy atom. The normalized spacial score (nSPS) is 14.8. The number of carbonyl (C=O) groups is 2. The Kier molecular flexibility index (Phi) is 9.66. The lowest BCUT2D eigenvalue weighted by molar-refractivity contribution is -0.140. The number of thioether (sulfide) groups is 1. The van der Waals surface area contributed by atoms with Gasteiger partial charge in [0.05, 0.1) is 0 Å². The first kappa shape index (κ1) is 24.4. The molecule has 0 spiro atoms. The van der Waals surface area contributed by atoms with Crippen molar-refractivity contribution in [1.29, 1.82) is 0 Å². The van der Waals surface area contributed by atoms with E-state index in [0.717, 1.165) is 19.3 Å². The number of nitrogens with zero attached hydrogens (tertiary/aromatic N) is 1.